The van der Waals surface area contributed by atoms with Gasteiger partial charge in [-0.3, -0.25) is 19.5 Å². The Morgan fingerprint density at radius 3 is 2.74 bits per heavy atom. The summed E-state index contributed by atoms with van der Waals surface area (Å²) in [6.45, 7) is 1.34. The minimum absolute atomic E-state index is 0.0405. The van der Waals surface area contributed by atoms with Crippen LogP contribution >= 0.6 is 0 Å². The Balaban J connectivity index is 1.96. The van der Waals surface area contributed by atoms with Crippen LogP contribution in [-0.4, -0.2) is 28.6 Å². The quantitative estimate of drug-likeness (QED) is 0.751. The Kier molecular flexibility index (Phi) is 4.79. The number of nitrogens with one attached hydrogen (secondary N) is 1. The molecule has 0 aliphatic rings. The fraction of sp³-hybridized carbons (Fsp3) is 0.286. The third-order valence-corrected chi connectivity index (χ3v) is 3.04. The highest BCUT2D eigenvalue weighted by molar-refractivity contribution is 5.96. The molecule has 3 N–H and O–H groups in total. The molecule has 0 unspecified atom stereocenters. The van der Waals surface area contributed by atoms with Crippen LogP contribution in [0.3, 0.4) is 0 Å². The van der Waals surface area contributed by atoms with Crippen LogP contribution in [0, 0.1) is 0 Å². The molecule has 9 nitrogen and oxygen atoms in total. The highest BCUT2D eigenvalue weighted by Crippen LogP contribution is 2.12. The van der Waals surface area contributed by atoms with Crippen LogP contribution in [0.4, 0.5) is 4.79 Å². The fourth-order valence-corrected chi connectivity index (χ4v) is 1.96. The van der Waals surface area contributed by atoms with E-state index < -0.39 is 29.8 Å². The molecule has 0 fully saturated rings. The molecular weight excluding hydrogens is 306 g/mol. The average molecular weight is 321 g/mol. The van der Waals surface area contributed by atoms with E-state index in [1.165, 1.54) is 11.5 Å². The number of nitrogens with two attached hydrogens (primary N) is 1. The number of amides is 3. The van der Waals surface area contributed by atoms with E-state index in [9.17, 15) is 19.2 Å². The molecule has 1 atom stereocenters. The van der Waals surface area contributed by atoms with Crippen molar-refractivity contribution in [1.82, 2.24) is 9.88 Å². The number of urea groups is 1. The Morgan fingerprint density at radius 2 is 2.04 bits per heavy atom. The first-order chi connectivity index (χ1) is 10.9. The van der Waals surface area contributed by atoms with Crippen LogP contribution in [-0.2, 0) is 20.9 Å². The summed E-state index contributed by atoms with van der Waals surface area (Å²) < 4.78 is 11.2. The van der Waals surface area contributed by atoms with Crippen molar-refractivity contribution >= 4 is 29.0 Å². The average Bonchev–Trinajstić information content (AvgIpc) is 2.79. The predicted octanol–water partition coefficient (Wildman–Crippen LogP) is 0.111. The van der Waals surface area contributed by atoms with E-state index in [0.717, 1.165) is 0 Å². The standard InChI is InChI=1S/C14H15N3O6/c1-8(12(19)16-13(15)20)22-11(18)6-7-17-9-4-2-3-5-10(9)23-14(17)21/h2-5,8H,6-7H2,1H3,(H3,15,16,19,20)/t8-/m1/s1. The highest BCUT2D eigenvalue weighted by atomic mass is 16.5. The zero-order valence-electron chi connectivity index (χ0n) is 12.3. The first-order valence-corrected chi connectivity index (χ1v) is 6.76. The van der Waals surface area contributed by atoms with E-state index >= 15 is 0 Å². The van der Waals surface area contributed by atoms with Crippen LogP contribution in [0.15, 0.2) is 33.5 Å². The molecule has 2 rings (SSSR count). The molecule has 0 bridgehead atoms. The Morgan fingerprint density at radius 1 is 1.35 bits per heavy atom. The lowest BCUT2D eigenvalue weighted by Crippen LogP contribution is -2.42. The number of hydrogen-bond acceptors (Lipinski definition) is 6. The van der Waals surface area contributed by atoms with Gasteiger partial charge in [-0.25, -0.2) is 9.59 Å². The van der Waals surface area contributed by atoms with Crippen molar-refractivity contribution in [3.05, 3.63) is 34.8 Å². The van der Waals surface area contributed by atoms with Gasteiger partial charge in [0.05, 0.1) is 11.9 Å². The first kappa shape index (κ1) is 16.3. The number of imide groups is 1. The SMILES string of the molecule is C[C@@H](OC(=O)CCn1c(=O)oc2ccccc21)C(=O)NC(N)=O. The van der Waals surface area contributed by atoms with Crippen molar-refractivity contribution in [3.8, 4) is 0 Å². The van der Waals surface area contributed by atoms with Gasteiger partial charge in [-0.15, -0.1) is 0 Å². The van der Waals surface area contributed by atoms with E-state index in [4.69, 9.17) is 14.9 Å². The zero-order chi connectivity index (χ0) is 17.0. The Hall–Kier alpha value is -3.10. The summed E-state index contributed by atoms with van der Waals surface area (Å²) in [5, 5.41) is 1.80. The van der Waals surface area contributed by atoms with Crippen molar-refractivity contribution in [2.45, 2.75) is 26.0 Å². The van der Waals surface area contributed by atoms with E-state index in [0.29, 0.717) is 11.1 Å². The second-order valence-electron chi connectivity index (χ2n) is 4.72. The number of aryl methyl sites for hydroxylation is 1. The summed E-state index contributed by atoms with van der Waals surface area (Å²) in [6, 6.07) is 5.76. The summed E-state index contributed by atoms with van der Waals surface area (Å²) in [7, 11) is 0. The van der Waals surface area contributed by atoms with Gasteiger partial charge in [0, 0.05) is 6.54 Å². The van der Waals surface area contributed by atoms with Gasteiger partial charge in [0.1, 0.15) is 0 Å². The monoisotopic (exact) mass is 321 g/mol. The first-order valence-electron chi connectivity index (χ1n) is 6.76. The topological polar surface area (TPSA) is 134 Å². The number of carbonyl (C=O) groups is 3. The molecule has 0 aliphatic carbocycles. The number of primary amides is 1. The molecule has 0 radical (unpaired) electrons. The zero-order valence-corrected chi connectivity index (χ0v) is 12.3. The van der Waals surface area contributed by atoms with Crippen LogP contribution in [0.2, 0.25) is 0 Å². The minimum atomic E-state index is -1.17. The molecule has 9 heteroatoms. The maximum absolute atomic E-state index is 11.7. The molecule has 1 heterocycles. The number of esters is 1. The summed E-state index contributed by atoms with van der Waals surface area (Å²) in [5.41, 5.74) is 5.77. The van der Waals surface area contributed by atoms with Gasteiger partial charge in [-0.1, -0.05) is 12.1 Å². The Labute approximate surface area is 130 Å². The molecule has 0 saturated heterocycles. The molecule has 0 saturated carbocycles. The van der Waals surface area contributed by atoms with Gasteiger partial charge in [0.2, 0.25) is 0 Å². The second kappa shape index (κ2) is 6.77. The number of aromatic nitrogens is 1. The van der Waals surface area contributed by atoms with E-state index in [1.54, 1.807) is 29.6 Å². The predicted molar refractivity (Wildman–Crippen MR) is 78.4 cm³/mol. The van der Waals surface area contributed by atoms with Crippen molar-refractivity contribution in [1.29, 1.82) is 0 Å². The van der Waals surface area contributed by atoms with E-state index in [2.05, 4.69) is 0 Å². The molecule has 2 aromatic rings. The van der Waals surface area contributed by atoms with Gasteiger partial charge in [-0.05, 0) is 19.1 Å². The van der Waals surface area contributed by atoms with Crippen LogP contribution < -0.4 is 16.8 Å². The molecule has 3 amide bonds. The lowest BCUT2D eigenvalue weighted by atomic mass is 10.3. The number of para-hydroxylation sites is 2. The molecular formula is C14H15N3O6. The van der Waals surface area contributed by atoms with Crippen molar-refractivity contribution in [2.24, 2.45) is 5.73 Å². The molecule has 0 aliphatic heterocycles. The lowest BCUT2D eigenvalue weighted by molar-refractivity contribution is -0.154. The van der Waals surface area contributed by atoms with Crippen molar-refractivity contribution in [3.63, 3.8) is 0 Å². The maximum Gasteiger partial charge on any atom is 0.419 e. The molecule has 1 aromatic heterocycles. The van der Waals surface area contributed by atoms with Gasteiger partial charge >= 0.3 is 17.8 Å². The van der Waals surface area contributed by atoms with Crippen LogP contribution in [0.5, 0.6) is 0 Å². The molecule has 23 heavy (non-hydrogen) atoms. The lowest BCUT2D eigenvalue weighted by Gasteiger charge is -2.11. The third kappa shape index (κ3) is 3.96. The van der Waals surface area contributed by atoms with Crippen LogP contribution in [0.1, 0.15) is 13.3 Å². The van der Waals surface area contributed by atoms with E-state index in [1.807, 2.05) is 0 Å². The van der Waals surface area contributed by atoms with E-state index in [-0.39, 0.29) is 13.0 Å². The van der Waals surface area contributed by atoms with Crippen molar-refractivity contribution in [2.75, 3.05) is 0 Å². The fourth-order valence-electron chi connectivity index (χ4n) is 1.96. The van der Waals surface area contributed by atoms with Gasteiger partial charge in [0.15, 0.2) is 11.7 Å². The number of nitrogens with zero attached hydrogens (tertiary/aromatic N) is 1. The van der Waals surface area contributed by atoms with Gasteiger partial charge < -0.3 is 14.9 Å². The number of ether oxygens (including phenoxy) is 1. The number of hydrogen-bond donors (Lipinski definition) is 2. The number of fused-ring (bicyclic) bond motifs is 1. The number of rotatable bonds is 5. The number of carbonyl (C=O) groups excluding carboxylic acids is 3. The summed E-state index contributed by atoms with van der Waals surface area (Å²) in [5.74, 6) is -2.11. The normalized spacial score (nSPS) is 11.9. The smallest absolute Gasteiger partial charge is 0.419 e. The van der Waals surface area contributed by atoms with Gasteiger partial charge in [0.25, 0.3) is 5.91 Å². The summed E-state index contributed by atoms with van der Waals surface area (Å²) in [4.78, 5) is 45.4. The minimum Gasteiger partial charge on any atom is -0.452 e. The third-order valence-electron chi connectivity index (χ3n) is 3.04. The number of oxazole rings is 1. The van der Waals surface area contributed by atoms with Gasteiger partial charge in [-0.2, -0.15) is 0 Å². The summed E-state index contributed by atoms with van der Waals surface area (Å²) in [6.07, 6.45) is -1.31. The largest absolute Gasteiger partial charge is 0.452 e. The molecule has 1 aromatic carbocycles. The second-order valence-corrected chi connectivity index (χ2v) is 4.72. The Bertz CT molecular complexity index is 806. The maximum atomic E-state index is 11.7. The van der Waals surface area contributed by atoms with Crippen molar-refractivity contribution < 1.29 is 23.5 Å². The highest BCUT2D eigenvalue weighted by Gasteiger charge is 2.19. The molecule has 122 valence electrons. The summed E-state index contributed by atoms with van der Waals surface area (Å²) >= 11 is 0. The molecule has 0 spiro atoms. The number of benzene rings is 1. The van der Waals surface area contributed by atoms with Crippen LogP contribution in [0.25, 0.3) is 11.1 Å².